The molecule has 8 aromatic carbocycles. The highest BCUT2D eigenvalue weighted by atomic mass is 16.6. The van der Waals surface area contributed by atoms with Gasteiger partial charge in [-0.2, -0.15) is 4.99 Å². The second-order valence-electron chi connectivity index (χ2n) is 21.5. The molecule has 84 heavy (non-hydrogen) atoms. The second-order valence-corrected chi connectivity index (χ2v) is 21.5. The molecule has 1 amide bonds. The average Bonchev–Trinajstić information content (AvgIpc) is 3.36. The molecule has 16 heteroatoms. The van der Waals surface area contributed by atoms with Gasteiger partial charge < -0.3 is 34.7 Å². The van der Waals surface area contributed by atoms with Gasteiger partial charge in [0.05, 0.1) is 47.5 Å². The Kier molecular flexibility index (Phi) is 23.6. The SMILES string of the molecule is C.C1CCOC1.COc1ccc(-c2ccc(Oc3ccccc3C(C)(C)C)c(N)c2)cc1[N+](=O)[O-].COc1ccc(-c2ccc(Oc3ccccc3C(C)(C)C)c(NC(=O)Cc3ccc(C)cc3)c2)cc1[N+](=O)[O-].Cc1ccc(N=C=O)cc1. The number of anilines is 2. The third-order valence-electron chi connectivity index (χ3n) is 13.0. The maximum Gasteiger partial charge on any atom is 0.311 e. The first-order valence-electron chi connectivity index (χ1n) is 26.9. The molecule has 3 N–H and O–H groups in total. The maximum atomic E-state index is 13.1. The van der Waals surface area contributed by atoms with Crippen LogP contribution >= 0.6 is 0 Å². The molecule has 0 unspecified atom stereocenters. The van der Waals surface area contributed by atoms with Crippen LogP contribution in [0.2, 0.25) is 0 Å². The Labute approximate surface area is 492 Å². The van der Waals surface area contributed by atoms with Crippen molar-refractivity contribution in [3.8, 4) is 56.8 Å². The van der Waals surface area contributed by atoms with Crippen LogP contribution in [0.3, 0.4) is 0 Å². The summed E-state index contributed by atoms with van der Waals surface area (Å²) in [6.07, 6.45) is 4.23. The van der Waals surface area contributed by atoms with Crippen molar-refractivity contribution in [2.45, 2.75) is 92.9 Å². The highest BCUT2D eigenvalue weighted by molar-refractivity contribution is 5.95. The van der Waals surface area contributed by atoms with Crippen LogP contribution in [0, 0.1) is 34.1 Å². The second kappa shape index (κ2) is 30.4. The van der Waals surface area contributed by atoms with Gasteiger partial charge in [-0.3, -0.25) is 25.0 Å². The molecule has 0 atom stereocenters. The molecule has 1 fully saturated rings. The number of carbonyl (C=O) groups is 1. The summed E-state index contributed by atoms with van der Waals surface area (Å²) in [4.78, 5) is 48.2. The molecule has 1 heterocycles. The van der Waals surface area contributed by atoms with E-state index in [1.807, 2.05) is 111 Å². The molecule has 1 saturated heterocycles. The van der Waals surface area contributed by atoms with Crippen LogP contribution in [0.1, 0.15) is 89.6 Å². The van der Waals surface area contributed by atoms with Crippen LogP contribution in [0.4, 0.5) is 28.4 Å². The fourth-order valence-corrected chi connectivity index (χ4v) is 8.60. The molecule has 1 aliphatic rings. The van der Waals surface area contributed by atoms with Gasteiger partial charge in [0, 0.05) is 36.5 Å². The number of para-hydroxylation sites is 2. The summed E-state index contributed by atoms with van der Waals surface area (Å²) < 4.78 is 27.6. The number of carbonyl (C=O) groups excluding carboxylic acids is 2. The van der Waals surface area contributed by atoms with Gasteiger partial charge in [0.15, 0.2) is 17.2 Å². The van der Waals surface area contributed by atoms with Gasteiger partial charge in [-0.25, -0.2) is 4.79 Å². The number of amides is 1. The van der Waals surface area contributed by atoms with Crippen molar-refractivity contribution in [1.29, 1.82) is 0 Å². The first-order valence-corrected chi connectivity index (χ1v) is 26.9. The third kappa shape index (κ3) is 18.7. The lowest BCUT2D eigenvalue weighted by atomic mass is 9.86. The number of ether oxygens (including phenoxy) is 5. The third-order valence-corrected chi connectivity index (χ3v) is 13.0. The van der Waals surface area contributed by atoms with Gasteiger partial charge in [-0.1, -0.05) is 157 Å². The number of nitrogens with zero attached hydrogens (tertiary/aromatic N) is 3. The quantitative estimate of drug-likeness (QED) is 0.0342. The zero-order valence-corrected chi connectivity index (χ0v) is 48.6. The molecular weight excluding hydrogens is 1060 g/mol. The van der Waals surface area contributed by atoms with Crippen molar-refractivity contribution < 1.29 is 43.1 Å². The van der Waals surface area contributed by atoms with E-state index in [0.29, 0.717) is 51.0 Å². The first-order chi connectivity index (χ1) is 39.6. The molecule has 0 spiro atoms. The topological polar surface area (TPSA) is 217 Å². The molecule has 0 aliphatic carbocycles. The van der Waals surface area contributed by atoms with Gasteiger partial charge in [0.2, 0.25) is 12.0 Å². The number of hydrogen-bond acceptors (Lipinski definition) is 13. The van der Waals surface area contributed by atoms with Crippen LogP contribution in [0.5, 0.6) is 34.5 Å². The summed E-state index contributed by atoms with van der Waals surface area (Å²) in [6.45, 7) is 18.7. The van der Waals surface area contributed by atoms with E-state index in [9.17, 15) is 29.8 Å². The smallest absolute Gasteiger partial charge is 0.311 e. The highest BCUT2D eigenvalue weighted by Gasteiger charge is 2.23. The minimum absolute atomic E-state index is 0. The van der Waals surface area contributed by atoms with Gasteiger partial charge in [0.1, 0.15) is 17.2 Å². The van der Waals surface area contributed by atoms with E-state index < -0.39 is 9.85 Å². The molecule has 16 nitrogen and oxygen atoms in total. The summed E-state index contributed by atoms with van der Waals surface area (Å²) in [7, 11) is 2.80. The number of benzene rings is 8. The number of nitrogens with one attached hydrogen (secondary N) is 1. The molecule has 0 aromatic heterocycles. The lowest BCUT2D eigenvalue weighted by molar-refractivity contribution is -0.385. The number of hydrogen-bond donors (Lipinski definition) is 2. The maximum absolute atomic E-state index is 13.1. The molecule has 438 valence electrons. The van der Waals surface area contributed by atoms with E-state index in [1.165, 1.54) is 45.3 Å². The Morgan fingerprint density at radius 1 is 0.583 bits per heavy atom. The highest BCUT2D eigenvalue weighted by Crippen LogP contribution is 2.42. The largest absolute Gasteiger partial charge is 0.490 e. The monoisotopic (exact) mass is 1140 g/mol. The summed E-state index contributed by atoms with van der Waals surface area (Å²) in [5, 5.41) is 25.9. The van der Waals surface area contributed by atoms with Crippen LogP contribution in [-0.2, 0) is 31.6 Å². The van der Waals surface area contributed by atoms with E-state index in [-0.39, 0.29) is 53.5 Å². The molecule has 9 rings (SSSR count). The number of rotatable bonds is 14. The summed E-state index contributed by atoms with van der Waals surface area (Å²) in [5.74, 6) is 2.63. The van der Waals surface area contributed by atoms with Crippen molar-refractivity contribution in [2.24, 2.45) is 4.99 Å². The summed E-state index contributed by atoms with van der Waals surface area (Å²) >= 11 is 0. The van der Waals surface area contributed by atoms with Gasteiger partial charge >= 0.3 is 11.4 Å². The number of aryl methyl sites for hydroxylation is 2. The number of methoxy groups -OCH3 is 2. The number of aliphatic imine (C=N–C) groups is 1. The Balaban J connectivity index is 0.000000249. The van der Waals surface area contributed by atoms with E-state index >= 15 is 0 Å². The summed E-state index contributed by atoms with van der Waals surface area (Å²) in [5.41, 5.74) is 15.3. The van der Waals surface area contributed by atoms with Crippen molar-refractivity contribution in [1.82, 2.24) is 0 Å². The van der Waals surface area contributed by atoms with Crippen molar-refractivity contribution in [3.63, 3.8) is 0 Å². The van der Waals surface area contributed by atoms with Crippen LogP contribution in [0.15, 0.2) is 175 Å². The van der Waals surface area contributed by atoms with Gasteiger partial charge in [-0.05, 0) is 126 Å². The predicted molar refractivity (Wildman–Crippen MR) is 334 cm³/mol. The zero-order valence-electron chi connectivity index (χ0n) is 48.6. The Morgan fingerprint density at radius 3 is 1.42 bits per heavy atom. The molecular formula is C68H75N5O11. The standard InChI is InChI=1S/C32H32N2O5.C23H24N2O4.C8H7NO.C4H8O.CH4/c1-21-10-12-22(13-11-21)18-31(35)33-26-19-23(24-15-17-30(38-5)27(20-24)34(36)37)14-16-29(26)39-28-9-7-6-8-25(28)32(2,3)4;1-23(2,3)17-7-5-6-8-20(17)29-21-11-9-15(13-18(21)24)16-10-12-22(28-4)19(14-16)25(26)27;1-7-2-4-8(5-3-7)9-6-10;1-2-4-5-3-1;/h6-17,19-20H,18H2,1-5H3,(H,33,35);5-14H,24H2,1-4H3;2-5H,1H3;1-4H2;1H4. The fraction of sp³-hybridized carbons (Fsp3) is 0.265. The minimum Gasteiger partial charge on any atom is -0.490 e. The zero-order chi connectivity index (χ0) is 60.3. The number of nitro benzene ring substituents is 2. The Hall–Kier alpha value is -9.63. The normalized spacial score (nSPS) is 11.5. The van der Waals surface area contributed by atoms with Crippen LogP contribution in [-0.4, -0.2) is 49.3 Å². The lowest BCUT2D eigenvalue weighted by Gasteiger charge is -2.23. The van der Waals surface area contributed by atoms with Crippen molar-refractivity contribution >= 4 is 40.4 Å². The van der Waals surface area contributed by atoms with E-state index in [2.05, 4.69) is 51.9 Å². The fourth-order valence-electron chi connectivity index (χ4n) is 8.60. The molecule has 1 aliphatic heterocycles. The van der Waals surface area contributed by atoms with E-state index in [0.717, 1.165) is 52.3 Å². The number of nitro groups is 2. The van der Waals surface area contributed by atoms with Gasteiger partial charge in [0.25, 0.3) is 0 Å². The molecule has 0 radical (unpaired) electrons. The Bertz CT molecular complexity index is 3550. The van der Waals surface area contributed by atoms with E-state index in [1.54, 1.807) is 60.7 Å². The van der Waals surface area contributed by atoms with Crippen molar-refractivity contribution in [2.75, 3.05) is 38.5 Å². The van der Waals surface area contributed by atoms with Crippen LogP contribution < -0.4 is 30.0 Å². The lowest BCUT2D eigenvalue weighted by Crippen LogP contribution is -2.15. The number of nitrogens with two attached hydrogens (primary N) is 1. The predicted octanol–water partition coefficient (Wildman–Crippen LogP) is 17.2. The summed E-state index contributed by atoms with van der Waals surface area (Å²) in [6, 6.07) is 51.1. The van der Waals surface area contributed by atoms with E-state index in [4.69, 9.17) is 29.4 Å². The molecule has 0 bridgehead atoms. The number of nitrogen functional groups attached to an aromatic ring is 1. The van der Waals surface area contributed by atoms with Gasteiger partial charge in [-0.15, -0.1) is 0 Å². The minimum atomic E-state index is -0.479. The molecule has 8 aromatic rings. The average molecular weight is 1140 g/mol. The number of isocyanates is 1. The molecule has 0 saturated carbocycles. The van der Waals surface area contributed by atoms with Crippen LogP contribution in [0.25, 0.3) is 22.3 Å². The van der Waals surface area contributed by atoms with Crippen molar-refractivity contribution in [3.05, 3.63) is 218 Å². The Morgan fingerprint density at radius 2 is 1.00 bits per heavy atom. The first kappa shape index (κ1) is 65.2.